The van der Waals surface area contributed by atoms with E-state index in [9.17, 15) is 0 Å². The van der Waals surface area contributed by atoms with Gasteiger partial charge in [-0.3, -0.25) is 0 Å². The normalized spacial score (nSPS) is 13.1. The van der Waals surface area contributed by atoms with Crippen LogP contribution in [0.1, 0.15) is 39.5 Å². The van der Waals surface area contributed by atoms with Crippen molar-refractivity contribution >= 4 is 0 Å². The molecule has 90 valence electrons. The Bertz CT molecular complexity index is 166. The third-order valence-corrected chi connectivity index (χ3v) is 2.84. The molecule has 0 aromatic heterocycles. The fraction of sp³-hybridized carbons (Fsp3) is 0.846. The number of rotatable bonds is 9. The second kappa shape index (κ2) is 8.93. The maximum absolute atomic E-state index is 5.58. The Hall–Kier alpha value is -0.340. The Labute approximate surface area is 95.5 Å². The lowest BCUT2D eigenvalue weighted by atomic mass is 9.96. The van der Waals surface area contributed by atoms with Gasteiger partial charge in [0.05, 0.1) is 0 Å². The van der Waals surface area contributed by atoms with E-state index >= 15 is 0 Å². The second-order valence-corrected chi connectivity index (χ2v) is 4.69. The van der Waals surface area contributed by atoms with Crippen LogP contribution >= 0.6 is 0 Å². The Morgan fingerprint density at radius 2 is 2.07 bits per heavy atom. The van der Waals surface area contributed by atoms with Gasteiger partial charge >= 0.3 is 0 Å². The van der Waals surface area contributed by atoms with E-state index in [4.69, 9.17) is 5.73 Å². The summed E-state index contributed by atoms with van der Waals surface area (Å²) in [6.07, 6.45) is 5.04. The first-order valence-electron chi connectivity index (χ1n) is 6.13. The first-order chi connectivity index (χ1) is 7.10. The molecule has 2 N–H and O–H groups in total. The van der Waals surface area contributed by atoms with Gasteiger partial charge < -0.3 is 10.6 Å². The van der Waals surface area contributed by atoms with E-state index < -0.39 is 0 Å². The highest BCUT2D eigenvalue weighted by Crippen LogP contribution is 2.14. The zero-order valence-electron chi connectivity index (χ0n) is 10.8. The fourth-order valence-electron chi connectivity index (χ4n) is 1.98. The van der Waals surface area contributed by atoms with Crippen molar-refractivity contribution in [3.63, 3.8) is 0 Å². The molecule has 0 spiro atoms. The molecule has 0 amide bonds. The van der Waals surface area contributed by atoms with Gasteiger partial charge in [-0.1, -0.05) is 25.5 Å². The molecule has 0 rings (SSSR count). The minimum absolute atomic E-state index is 0.827. The molecule has 0 saturated heterocycles. The molecule has 2 nitrogen and oxygen atoms in total. The van der Waals surface area contributed by atoms with Crippen LogP contribution in [0.3, 0.4) is 0 Å². The summed E-state index contributed by atoms with van der Waals surface area (Å²) in [6, 6.07) is 0. The number of hydrogen-bond acceptors (Lipinski definition) is 2. The molecule has 0 heterocycles. The number of nitrogens with two attached hydrogens (primary N) is 1. The molecule has 1 atom stereocenters. The van der Waals surface area contributed by atoms with Gasteiger partial charge in [-0.25, -0.2) is 0 Å². The molecule has 0 aliphatic carbocycles. The number of likely N-dealkylation sites (N-methyl/N-ethyl adjacent to an activating group) is 1. The zero-order valence-corrected chi connectivity index (χ0v) is 10.8. The Balaban J connectivity index is 3.53. The number of hydrogen-bond donors (Lipinski definition) is 1. The lowest BCUT2D eigenvalue weighted by molar-refractivity contribution is 0.326. The Morgan fingerprint density at radius 3 is 2.53 bits per heavy atom. The van der Waals surface area contributed by atoms with Crippen molar-refractivity contribution in [1.82, 2.24) is 4.90 Å². The van der Waals surface area contributed by atoms with E-state index in [1.807, 2.05) is 0 Å². The smallest absolute Gasteiger partial charge is 0.0184 e. The van der Waals surface area contributed by atoms with Crippen LogP contribution in [-0.2, 0) is 0 Å². The summed E-state index contributed by atoms with van der Waals surface area (Å²) in [4.78, 5) is 2.34. The van der Waals surface area contributed by atoms with Crippen LogP contribution in [0.4, 0.5) is 0 Å². The van der Waals surface area contributed by atoms with E-state index in [1.54, 1.807) is 0 Å². The molecule has 0 aliphatic rings. The van der Waals surface area contributed by atoms with E-state index in [0.29, 0.717) is 0 Å². The summed E-state index contributed by atoms with van der Waals surface area (Å²) in [6.45, 7) is 11.3. The minimum atomic E-state index is 0.827. The largest absolute Gasteiger partial charge is 0.330 e. The average molecular weight is 212 g/mol. The maximum Gasteiger partial charge on any atom is 0.0184 e. The van der Waals surface area contributed by atoms with Crippen LogP contribution in [0.2, 0.25) is 0 Å². The summed E-state index contributed by atoms with van der Waals surface area (Å²) >= 11 is 0. The third-order valence-electron chi connectivity index (χ3n) is 2.84. The highest BCUT2D eigenvalue weighted by Gasteiger charge is 2.05. The van der Waals surface area contributed by atoms with Gasteiger partial charge in [0, 0.05) is 6.54 Å². The van der Waals surface area contributed by atoms with E-state index in [0.717, 1.165) is 19.0 Å². The molecular formula is C13H28N2. The molecular weight excluding hydrogens is 184 g/mol. The van der Waals surface area contributed by atoms with Crippen LogP contribution in [-0.4, -0.2) is 31.6 Å². The second-order valence-electron chi connectivity index (χ2n) is 4.69. The van der Waals surface area contributed by atoms with Crippen molar-refractivity contribution < 1.29 is 0 Å². The van der Waals surface area contributed by atoms with Gasteiger partial charge in [0.1, 0.15) is 0 Å². The van der Waals surface area contributed by atoms with Gasteiger partial charge in [-0.2, -0.15) is 0 Å². The average Bonchev–Trinajstić information content (AvgIpc) is 2.15. The van der Waals surface area contributed by atoms with Gasteiger partial charge in [-0.15, -0.1) is 0 Å². The highest BCUT2D eigenvalue weighted by atomic mass is 15.1. The topological polar surface area (TPSA) is 29.3 Å². The van der Waals surface area contributed by atoms with Gasteiger partial charge in [0.2, 0.25) is 0 Å². The molecule has 0 saturated carbocycles. The first kappa shape index (κ1) is 14.7. The SMILES string of the molecule is C=C(C)CN(C)CCCC(CC)CCN. The molecule has 0 bridgehead atoms. The summed E-state index contributed by atoms with van der Waals surface area (Å²) in [7, 11) is 2.17. The van der Waals surface area contributed by atoms with Crippen molar-refractivity contribution in [2.24, 2.45) is 11.7 Å². The van der Waals surface area contributed by atoms with Crippen LogP contribution < -0.4 is 5.73 Å². The summed E-state index contributed by atoms with van der Waals surface area (Å²) in [5, 5.41) is 0. The van der Waals surface area contributed by atoms with Crippen LogP contribution in [0.25, 0.3) is 0 Å². The molecule has 1 unspecified atom stereocenters. The molecule has 0 radical (unpaired) electrons. The van der Waals surface area contributed by atoms with Crippen molar-refractivity contribution in [1.29, 1.82) is 0 Å². The van der Waals surface area contributed by atoms with Crippen LogP contribution in [0, 0.1) is 5.92 Å². The monoisotopic (exact) mass is 212 g/mol. The first-order valence-corrected chi connectivity index (χ1v) is 6.13. The van der Waals surface area contributed by atoms with Gasteiger partial charge in [0.15, 0.2) is 0 Å². The summed E-state index contributed by atoms with van der Waals surface area (Å²) in [5.74, 6) is 0.827. The molecule has 0 aromatic rings. The van der Waals surface area contributed by atoms with E-state index in [1.165, 1.54) is 37.8 Å². The predicted molar refractivity (Wildman–Crippen MR) is 69.0 cm³/mol. The lowest BCUT2D eigenvalue weighted by Crippen LogP contribution is -2.22. The molecule has 0 fully saturated rings. The Kier molecular flexibility index (Phi) is 8.73. The predicted octanol–water partition coefficient (Wildman–Crippen LogP) is 2.65. The standard InChI is InChI=1S/C13H28N2/c1-5-13(8-9-14)7-6-10-15(4)11-12(2)3/h13H,2,5-11,14H2,1,3-4H3. The lowest BCUT2D eigenvalue weighted by Gasteiger charge is -2.18. The van der Waals surface area contributed by atoms with Gasteiger partial charge in [-0.05, 0) is 52.2 Å². The van der Waals surface area contributed by atoms with Crippen molar-refractivity contribution in [2.75, 3.05) is 26.7 Å². The van der Waals surface area contributed by atoms with Crippen molar-refractivity contribution in [3.8, 4) is 0 Å². The molecule has 2 heteroatoms. The summed E-state index contributed by atoms with van der Waals surface area (Å²) in [5.41, 5.74) is 6.82. The van der Waals surface area contributed by atoms with Crippen LogP contribution in [0.5, 0.6) is 0 Å². The van der Waals surface area contributed by atoms with Crippen LogP contribution in [0.15, 0.2) is 12.2 Å². The quantitative estimate of drug-likeness (QED) is 0.595. The number of nitrogens with zero attached hydrogens (tertiary/aromatic N) is 1. The van der Waals surface area contributed by atoms with Gasteiger partial charge in [0.25, 0.3) is 0 Å². The molecule has 15 heavy (non-hydrogen) atoms. The maximum atomic E-state index is 5.58. The van der Waals surface area contributed by atoms with E-state index in [-0.39, 0.29) is 0 Å². The minimum Gasteiger partial charge on any atom is -0.330 e. The highest BCUT2D eigenvalue weighted by molar-refractivity contribution is 4.90. The summed E-state index contributed by atoms with van der Waals surface area (Å²) < 4.78 is 0. The zero-order chi connectivity index (χ0) is 11.7. The Morgan fingerprint density at radius 1 is 1.40 bits per heavy atom. The van der Waals surface area contributed by atoms with E-state index in [2.05, 4.69) is 32.4 Å². The van der Waals surface area contributed by atoms with Crippen molar-refractivity contribution in [2.45, 2.75) is 39.5 Å². The molecule has 0 aromatic carbocycles. The van der Waals surface area contributed by atoms with Crippen molar-refractivity contribution in [3.05, 3.63) is 12.2 Å². The third kappa shape index (κ3) is 8.64. The fourth-order valence-corrected chi connectivity index (χ4v) is 1.98. The molecule has 0 aliphatic heterocycles.